The number of esters is 1. The fourth-order valence-corrected chi connectivity index (χ4v) is 1.77. The van der Waals surface area contributed by atoms with E-state index in [2.05, 4.69) is 13.0 Å². The summed E-state index contributed by atoms with van der Waals surface area (Å²) in [6.07, 6.45) is 9.26. The number of unbranched alkanes of at least 4 members (excludes halogenated alkanes) is 3. The lowest BCUT2D eigenvalue weighted by Gasteiger charge is -2.06. The number of phenols is 3. The highest BCUT2D eigenvalue weighted by Crippen LogP contribution is 2.35. The van der Waals surface area contributed by atoms with Gasteiger partial charge in [0.15, 0.2) is 17.2 Å². The number of hydrogen-bond acceptors (Lipinski definition) is 5. The Morgan fingerprint density at radius 3 is 2.33 bits per heavy atom. The van der Waals surface area contributed by atoms with E-state index in [1.165, 1.54) is 19.3 Å². The number of allylic oxidation sites excluding steroid dienone is 1. The molecule has 0 atom stereocenters. The molecular formula is C16H22O5. The molecule has 0 saturated heterocycles. The van der Waals surface area contributed by atoms with Gasteiger partial charge in [-0.05, 0) is 31.4 Å². The summed E-state index contributed by atoms with van der Waals surface area (Å²) < 4.78 is 5.01. The number of carbonyl (C=O) groups is 1. The Morgan fingerprint density at radius 2 is 1.71 bits per heavy atom. The number of carbonyl (C=O) groups excluding carboxylic acids is 1. The van der Waals surface area contributed by atoms with Crippen LogP contribution < -0.4 is 0 Å². The smallest absolute Gasteiger partial charge is 0.338 e. The summed E-state index contributed by atoms with van der Waals surface area (Å²) in [5.41, 5.74) is -0.00488. The van der Waals surface area contributed by atoms with Crippen LogP contribution in [0.4, 0.5) is 0 Å². The zero-order valence-corrected chi connectivity index (χ0v) is 12.2. The minimum Gasteiger partial charge on any atom is -0.504 e. The number of aromatic hydroxyl groups is 3. The molecule has 3 N–H and O–H groups in total. The van der Waals surface area contributed by atoms with Crippen molar-refractivity contribution in [3.63, 3.8) is 0 Å². The quantitative estimate of drug-likeness (QED) is 0.296. The Labute approximate surface area is 124 Å². The molecule has 0 amide bonds. The van der Waals surface area contributed by atoms with Gasteiger partial charge >= 0.3 is 5.97 Å². The lowest BCUT2D eigenvalue weighted by atomic mass is 10.2. The second kappa shape index (κ2) is 8.89. The fraction of sp³-hybridized carbons (Fsp3) is 0.438. The third kappa shape index (κ3) is 5.77. The topological polar surface area (TPSA) is 87.0 Å². The lowest BCUT2D eigenvalue weighted by Crippen LogP contribution is -2.05. The van der Waals surface area contributed by atoms with E-state index in [9.17, 15) is 20.1 Å². The fourth-order valence-electron chi connectivity index (χ4n) is 1.77. The van der Waals surface area contributed by atoms with Crippen LogP contribution in [-0.2, 0) is 4.74 Å². The van der Waals surface area contributed by atoms with Crippen molar-refractivity contribution >= 4 is 5.97 Å². The summed E-state index contributed by atoms with van der Waals surface area (Å²) in [7, 11) is 0. The van der Waals surface area contributed by atoms with Gasteiger partial charge in [-0.3, -0.25) is 0 Å². The number of benzene rings is 1. The molecule has 0 spiro atoms. The lowest BCUT2D eigenvalue weighted by molar-refractivity contribution is 0.0510. The Morgan fingerprint density at radius 1 is 1.10 bits per heavy atom. The molecule has 1 aromatic rings. The third-order valence-electron chi connectivity index (χ3n) is 2.96. The average Bonchev–Trinajstić information content (AvgIpc) is 2.46. The second-order valence-corrected chi connectivity index (χ2v) is 4.75. The van der Waals surface area contributed by atoms with Crippen LogP contribution in [0.15, 0.2) is 24.3 Å². The molecule has 0 aliphatic heterocycles. The molecule has 0 saturated carbocycles. The van der Waals surface area contributed by atoms with E-state index >= 15 is 0 Å². The first kappa shape index (κ1) is 16.9. The molecule has 5 nitrogen and oxygen atoms in total. The van der Waals surface area contributed by atoms with Gasteiger partial charge in [0.25, 0.3) is 0 Å². The van der Waals surface area contributed by atoms with Gasteiger partial charge in [0.05, 0.1) is 12.2 Å². The van der Waals surface area contributed by atoms with Crippen molar-refractivity contribution < 1.29 is 24.9 Å². The molecule has 0 bridgehead atoms. The summed E-state index contributed by atoms with van der Waals surface area (Å²) in [4.78, 5) is 11.7. The number of rotatable bonds is 8. The van der Waals surface area contributed by atoms with Crippen molar-refractivity contribution in [2.45, 2.75) is 39.0 Å². The molecule has 5 heteroatoms. The highest BCUT2D eigenvalue weighted by molar-refractivity contribution is 5.91. The van der Waals surface area contributed by atoms with E-state index in [0.29, 0.717) is 6.42 Å². The van der Waals surface area contributed by atoms with E-state index in [-0.39, 0.29) is 12.2 Å². The first-order valence-corrected chi connectivity index (χ1v) is 7.13. The summed E-state index contributed by atoms with van der Waals surface area (Å²) in [5.74, 6) is -2.42. The predicted molar refractivity (Wildman–Crippen MR) is 79.6 cm³/mol. The SMILES string of the molecule is CCCCC/C=C\CCOC(=O)c1cc(O)c(O)c(O)c1. The van der Waals surface area contributed by atoms with Gasteiger partial charge in [0, 0.05) is 0 Å². The molecule has 0 aromatic heterocycles. The minimum atomic E-state index is -0.653. The van der Waals surface area contributed by atoms with Crippen LogP contribution in [0.5, 0.6) is 17.2 Å². The molecular weight excluding hydrogens is 272 g/mol. The first-order chi connectivity index (χ1) is 10.1. The van der Waals surface area contributed by atoms with Crippen molar-refractivity contribution in [3.05, 3.63) is 29.8 Å². The van der Waals surface area contributed by atoms with E-state index in [4.69, 9.17) is 4.74 Å². The standard InChI is InChI=1S/C16H22O5/c1-2-3-4-5-6-7-8-9-21-16(20)12-10-13(17)15(19)14(18)11-12/h6-7,10-11,17-19H,2-5,8-9H2,1H3/b7-6-. The van der Waals surface area contributed by atoms with Gasteiger partial charge < -0.3 is 20.1 Å². The molecule has 0 aliphatic rings. The van der Waals surface area contributed by atoms with Crippen LogP contribution in [0, 0.1) is 0 Å². The molecule has 1 rings (SSSR count). The van der Waals surface area contributed by atoms with Gasteiger partial charge in [-0.15, -0.1) is 0 Å². The second-order valence-electron chi connectivity index (χ2n) is 4.75. The van der Waals surface area contributed by atoms with Crippen LogP contribution in [0.3, 0.4) is 0 Å². The molecule has 1 aromatic carbocycles. The van der Waals surface area contributed by atoms with Gasteiger partial charge in [0.2, 0.25) is 0 Å². The highest BCUT2D eigenvalue weighted by atomic mass is 16.5. The summed E-state index contributed by atoms with van der Waals surface area (Å²) in [6, 6.07) is 2.11. The number of phenolic OH excluding ortho intramolecular Hbond substituents is 3. The van der Waals surface area contributed by atoms with Crippen LogP contribution in [0.2, 0.25) is 0 Å². The predicted octanol–water partition coefficient (Wildman–Crippen LogP) is 3.49. The summed E-state index contributed by atoms with van der Waals surface area (Å²) in [5, 5.41) is 27.8. The van der Waals surface area contributed by atoms with E-state index in [1.807, 2.05) is 6.08 Å². The van der Waals surface area contributed by atoms with Gasteiger partial charge in [-0.1, -0.05) is 31.9 Å². The van der Waals surface area contributed by atoms with Crippen molar-refractivity contribution in [1.29, 1.82) is 0 Å². The van der Waals surface area contributed by atoms with Gasteiger partial charge in [-0.2, -0.15) is 0 Å². The molecule has 0 heterocycles. The largest absolute Gasteiger partial charge is 0.504 e. The Balaban J connectivity index is 2.34. The number of ether oxygens (including phenoxy) is 1. The third-order valence-corrected chi connectivity index (χ3v) is 2.96. The van der Waals surface area contributed by atoms with Crippen molar-refractivity contribution in [1.82, 2.24) is 0 Å². The van der Waals surface area contributed by atoms with E-state index in [0.717, 1.165) is 18.6 Å². The van der Waals surface area contributed by atoms with Gasteiger partial charge in [-0.25, -0.2) is 4.79 Å². The molecule has 0 unspecified atom stereocenters. The van der Waals surface area contributed by atoms with Crippen LogP contribution >= 0.6 is 0 Å². The molecule has 116 valence electrons. The molecule has 0 aliphatic carbocycles. The van der Waals surface area contributed by atoms with Crippen molar-refractivity contribution in [2.75, 3.05) is 6.61 Å². The Hall–Kier alpha value is -2.17. The van der Waals surface area contributed by atoms with Crippen LogP contribution in [0.25, 0.3) is 0 Å². The monoisotopic (exact) mass is 294 g/mol. The van der Waals surface area contributed by atoms with Crippen LogP contribution in [-0.4, -0.2) is 27.9 Å². The maximum absolute atomic E-state index is 11.7. The Bertz CT molecular complexity index is 470. The molecule has 0 fully saturated rings. The van der Waals surface area contributed by atoms with Crippen LogP contribution in [0.1, 0.15) is 49.4 Å². The Kier molecular flexibility index (Phi) is 7.15. The maximum Gasteiger partial charge on any atom is 0.338 e. The average molecular weight is 294 g/mol. The summed E-state index contributed by atoms with van der Waals surface area (Å²) in [6.45, 7) is 2.38. The zero-order chi connectivity index (χ0) is 15.7. The normalized spacial score (nSPS) is 10.9. The molecule has 21 heavy (non-hydrogen) atoms. The minimum absolute atomic E-state index is 0.00488. The number of hydrogen-bond donors (Lipinski definition) is 3. The van der Waals surface area contributed by atoms with Gasteiger partial charge in [0.1, 0.15) is 0 Å². The zero-order valence-electron chi connectivity index (χ0n) is 12.2. The maximum atomic E-state index is 11.7. The van der Waals surface area contributed by atoms with E-state index in [1.54, 1.807) is 0 Å². The van der Waals surface area contributed by atoms with E-state index < -0.39 is 23.2 Å². The molecule has 0 radical (unpaired) electrons. The van der Waals surface area contributed by atoms with Crippen molar-refractivity contribution in [3.8, 4) is 17.2 Å². The summed E-state index contributed by atoms with van der Waals surface area (Å²) >= 11 is 0. The first-order valence-electron chi connectivity index (χ1n) is 7.13. The highest BCUT2D eigenvalue weighted by Gasteiger charge is 2.14. The van der Waals surface area contributed by atoms with Crippen molar-refractivity contribution in [2.24, 2.45) is 0 Å².